The summed E-state index contributed by atoms with van der Waals surface area (Å²) in [5.74, 6) is -2.25. The maximum absolute atomic E-state index is 13.4. The molecule has 0 spiro atoms. The highest BCUT2D eigenvalue weighted by Crippen LogP contribution is 2.20. The second kappa shape index (κ2) is 8.91. The van der Waals surface area contributed by atoms with Crippen LogP contribution in [0.4, 0.5) is 14.5 Å². The Kier molecular flexibility index (Phi) is 6.02. The van der Waals surface area contributed by atoms with E-state index in [4.69, 9.17) is 11.6 Å². The van der Waals surface area contributed by atoms with E-state index in [9.17, 15) is 23.2 Å². The van der Waals surface area contributed by atoms with Crippen LogP contribution in [0.2, 0.25) is 5.02 Å². The molecule has 4 aromatic rings. The fourth-order valence-corrected chi connectivity index (χ4v) is 3.51. The Bertz CT molecular complexity index is 1470. The summed E-state index contributed by atoms with van der Waals surface area (Å²) in [6, 6.07) is 11.7. The van der Waals surface area contributed by atoms with Gasteiger partial charge in [-0.25, -0.2) is 13.8 Å². The van der Waals surface area contributed by atoms with E-state index in [2.05, 4.69) is 10.3 Å². The summed E-state index contributed by atoms with van der Waals surface area (Å²) < 4.78 is 28.0. The molecule has 1 amide bonds. The third kappa shape index (κ3) is 4.65. The lowest BCUT2D eigenvalue weighted by Gasteiger charge is -2.13. The first-order chi connectivity index (χ1) is 15.7. The number of halogens is 3. The van der Waals surface area contributed by atoms with Gasteiger partial charge in [0.05, 0.1) is 16.0 Å². The van der Waals surface area contributed by atoms with Crippen LogP contribution in [-0.4, -0.2) is 21.2 Å². The second-order valence-electron chi connectivity index (χ2n) is 7.34. The second-order valence-corrected chi connectivity index (χ2v) is 7.74. The summed E-state index contributed by atoms with van der Waals surface area (Å²) in [6.45, 7) is 1.44. The summed E-state index contributed by atoms with van der Waals surface area (Å²) in [5.41, 5.74) is 0.515. The Hall–Kier alpha value is -3.91. The first kappa shape index (κ1) is 22.3. The highest BCUT2D eigenvalue weighted by atomic mass is 35.5. The minimum atomic E-state index is -0.621. The van der Waals surface area contributed by atoms with Crippen LogP contribution in [0, 0.1) is 18.6 Å². The maximum atomic E-state index is 13.4. The van der Waals surface area contributed by atoms with Crippen LogP contribution in [0.25, 0.3) is 11.0 Å². The fraction of sp³-hybridized carbons (Fsp3) is 0.0833. The molecule has 0 saturated heterocycles. The number of rotatable bonds is 5. The molecule has 2 aromatic heterocycles. The number of amides is 1. The number of benzene rings is 2. The SMILES string of the molecule is Cc1ccc2c(=O)c(C(=O)c3ccc(F)cc3)cn(CC(=O)Nc3ccc(F)c(Cl)c3)c2n1. The normalized spacial score (nSPS) is 10.9. The van der Waals surface area contributed by atoms with E-state index in [1.54, 1.807) is 13.0 Å². The van der Waals surface area contributed by atoms with Crippen LogP contribution >= 0.6 is 11.6 Å². The minimum absolute atomic E-state index is 0.130. The number of anilines is 1. The number of hydrogen-bond donors (Lipinski definition) is 1. The largest absolute Gasteiger partial charge is 0.324 e. The molecule has 6 nitrogen and oxygen atoms in total. The van der Waals surface area contributed by atoms with Crippen molar-refractivity contribution in [3.63, 3.8) is 0 Å². The van der Waals surface area contributed by atoms with Crippen LogP contribution in [0.3, 0.4) is 0 Å². The fourth-order valence-electron chi connectivity index (χ4n) is 3.33. The van der Waals surface area contributed by atoms with Crippen molar-refractivity contribution in [2.45, 2.75) is 13.5 Å². The van der Waals surface area contributed by atoms with Crippen LogP contribution in [0.1, 0.15) is 21.6 Å². The van der Waals surface area contributed by atoms with Crippen LogP contribution in [-0.2, 0) is 11.3 Å². The number of pyridine rings is 2. The summed E-state index contributed by atoms with van der Waals surface area (Å²) in [4.78, 5) is 43.0. The molecule has 0 atom stereocenters. The molecule has 2 heterocycles. The zero-order valence-electron chi connectivity index (χ0n) is 17.2. The van der Waals surface area contributed by atoms with Gasteiger partial charge in [0.25, 0.3) is 0 Å². The molecule has 0 bridgehead atoms. The first-order valence-electron chi connectivity index (χ1n) is 9.79. The van der Waals surface area contributed by atoms with Crippen LogP contribution < -0.4 is 10.7 Å². The molecule has 2 aromatic carbocycles. The van der Waals surface area contributed by atoms with Crippen LogP contribution in [0.5, 0.6) is 0 Å². The Morgan fingerprint density at radius 1 is 1.06 bits per heavy atom. The van der Waals surface area contributed by atoms with E-state index in [0.29, 0.717) is 5.69 Å². The first-order valence-corrected chi connectivity index (χ1v) is 10.2. The van der Waals surface area contributed by atoms with Gasteiger partial charge < -0.3 is 9.88 Å². The van der Waals surface area contributed by atoms with Gasteiger partial charge in [0.15, 0.2) is 5.78 Å². The van der Waals surface area contributed by atoms with Crippen LogP contribution in [0.15, 0.2) is 65.6 Å². The highest BCUT2D eigenvalue weighted by molar-refractivity contribution is 6.31. The summed E-state index contributed by atoms with van der Waals surface area (Å²) in [5, 5.41) is 2.61. The number of aryl methyl sites for hydroxylation is 1. The molecule has 0 aliphatic rings. The number of nitrogens with one attached hydrogen (secondary N) is 1. The number of ketones is 1. The van der Waals surface area contributed by atoms with E-state index in [1.165, 1.54) is 41.1 Å². The summed E-state index contributed by atoms with van der Waals surface area (Å²) >= 11 is 5.76. The van der Waals surface area contributed by atoms with Gasteiger partial charge in [-0.3, -0.25) is 14.4 Å². The van der Waals surface area contributed by atoms with Gasteiger partial charge in [-0.2, -0.15) is 0 Å². The van der Waals surface area contributed by atoms with Gasteiger partial charge in [0, 0.05) is 23.1 Å². The standard InChI is InChI=1S/C24H16ClF2N3O3/c1-13-2-8-17-23(33)18(22(32)14-3-5-15(26)6-4-14)11-30(24(17)28-13)12-21(31)29-16-7-9-20(27)19(25)10-16/h2-11H,12H2,1H3,(H,29,31). The molecule has 0 unspecified atom stereocenters. The monoisotopic (exact) mass is 467 g/mol. The summed E-state index contributed by atoms with van der Waals surface area (Å²) in [6.07, 6.45) is 1.26. The van der Waals surface area contributed by atoms with Crippen molar-refractivity contribution in [2.75, 3.05) is 5.32 Å². The quantitative estimate of drug-likeness (QED) is 0.438. The van der Waals surface area contributed by atoms with Crippen molar-refractivity contribution < 1.29 is 18.4 Å². The number of aromatic nitrogens is 2. The lowest BCUT2D eigenvalue weighted by molar-refractivity contribution is -0.116. The van der Waals surface area contributed by atoms with Crippen molar-refractivity contribution >= 4 is 40.0 Å². The molecule has 0 saturated carbocycles. The Morgan fingerprint density at radius 2 is 1.79 bits per heavy atom. The van der Waals surface area contributed by atoms with Crippen molar-refractivity contribution in [1.29, 1.82) is 0 Å². The molecule has 33 heavy (non-hydrogen) atoms. The lowest BCUT2D eigenvalue weighted by Crippen LogP contribution is -2.25. The van der Waals surface area contributed by atoms with E-state index in [1.807, 2.05) is 0 Å². The van der Waals surface area contributed by atoms with Gasteiger partial charge in [0.2, 0.25) is 11.3 Å². The molecule has 4 rings (SSSR count). The zero-order valence-corrected chi connectivity index (χ0v) is 18.0. The van der Waals surface area contributed by atoms with Gasteiger partial charge in [-0.15, -0.1) is 0 Å². The number of hydrogen-bond acceptors (Lipinski definition) is 4. The molecule has 9 heteroatoms. The molecular weight excluding hydrogens is 452 g/mol. The lowest BCUT2D eigenvalue weighted by atomic mass is 10.0. The average Bonchev–Trinajstić information content (AvgIpc) is 2.78. The highest BCUT2D eigenvalue weighted by Gasteiger charge is 2.19. The van der Waals surface area contributed by atoms with Gasteiger partial charge in [-0.1, -0.05) is 11.6 Å². The third-order valence-electron chi connectivity index (χ3n) is 4.93. The number of carbonyl (C=O) groups is 2. The number of carbonyl (C=O) groups excluding carboxylic acids is 2. The molecule has 0 aliphatic carbocycles. The molecule has 166 valence electrons. The van der Waals surface area contributed by atoms with E-state index in [-0.39, 0.29) is 39.4 Å². The molecule has 1 N–H and O–H groups in total. The van der Waals surface area contributed by atoms with Crippen molar-refractivity contribution in [2.24, 2.45) is 0 Å². The van der Waals surface area contributed by atoms with Gasteiger partial charge >= 0.3 is 0 Å². The average molecular weight is 468 g/mol. The minimum Gasteiger partial charge on any atom is -0.324 e. The summed E-state index contributed by atoms with van der Waals surface area (Å²) in [7, 11) is 0. The van der Waals surface area contributed by atoms with E-state index < -0.39 is 28.8 Å². The van der Waals surface area contributed by atoms with E-state index in [0.717, 1.165) is 18.2 Å². The van der Waals surface area contributed by atoms with Crippen molar-refractivity contribution in [3.05, 3.63) is 104 Å². The molecule has 0 aliphatic heterocycles. The molecular formula is C24H16ClF2N3O3. The van der Waals surface area contributed by atoms with Crippen molar-refractivity contribution in [1.82, 2.24) is 9.55 Å². The van der Waals surface area contributed by atoms with E-state index >= 15 is 0 Å². The number of fused-ring (bicyclic) bond motifs is 1. The Morgan fingerprint density at radius 3 is 2.48 bits per heavy atom. The predicted molar refractivity (Wildman–Crippen MR) is 121 cm³/mol. The van der Waals surface area contributed by atoms with Gasteiger partial charge in [0.1, 0.15) is 23.8 Å². The predicted octanol–water partition coefficient (Wildman–Crippen LogP) is 4.51. The van der Waals surface area contributed by atoms with Gasteiger partial charge in [-0.05, 0) is 61.5 Å². The molecule has 0 fully saturated rings. The number of nitrogens with zero attached hydrogens (tertiary/aromatic N) is 2. The zero-order chi connectivity index (χ0) is 23.7. The Balaban J connectivity index is 1.75. The maximum Gasteiger partial charge on any atom is 0.244 e. The third-order valence-corrected chi connectivity index (χ3v) is 5.22. The molecule has 0 radical (unpaired) electrons. The van der Waals surface area contributed by atoms with Crippen molar-refractivity contribution in [3.8, 4) is 0 Å². The smallest absolute Gasteiger partial charge is 0.244 e. The Labute approximate surface area is 191 Å². The topological polar surface area (TPSA) is 81.1 Å².